The van der Waals surface area contributed by atoms with Crippen LogP contribution in [0.2, 0.25) is 0 Å². The van der Waals surface area contributed by atoms with Crippen LogP contribution in [0.4, 0.5) is 5.69 Å². The molecule has 0 bridgehead atoms. The summed E-state index contributed by atoms with van der Waals surface area (Å²) >= 11 is 0. The molecule has 37 heavy (non-hydrogen) atoms. The minimum Gasteiger partial charge on any atom is -0.504 e. The molecule has 0 saturated heterocycles. The summed E-state index contributed by atoms with van der Waals surface area (Å²) in [5.74, 6) is -0.106. The fourth-order valence-corrected chi connectivity index (χ4v) is 5.05. The number of ketones is 1. The van der Waals surface area contributed by atoms with Crippen molar-refractivity contribution >= 4 is 35.0 Å². The van der Waals surface area contributed by atoms with Gasteiger partial charge in [-0.25, -0.2) is 0 Å². The number of phenolic OH excluding ortho intramolecular Hbond substituents is 1. The molecular formula is C29H28N2O6. The van der Waals surface area contributed by atoms with Crippen LogP contribution >= 0.6 is 0 Å². The maximum Gasteiger partial charge on any atom is 0.306 e. The molecule has 5 rings (SSSR count). The second-order valence-corrected chi connectivity index (χ2v) is 9.11. The van der Waals surface area contributed by atoms with Gasteiger partial charge in [0, 0.05) is 41.0 Å². The van der Waals surface area contributed by atoms with Gasteiger partial charge in [0.25, 0.3) is 5.91 Å². The molecule has 8 nitrogen and oxygen atoms in total. The number of benzene rings is 2. The van der Waals surface area contributed by atoms with E-state index in [1.54, 1.807) is 31.2 Å². The molecule has 8 heteroatoms. The van der Waals surface area contributed by atoms with Crippen LogP contribution in [0.3, 0.4) is 0 Å². The summed E-state index contributed by atoms with van der Waals surface area (Å²) in [5, 5.41) is 12.9. The second kappa shape index (κ2) is 9.97. The van der Waals surface area contributed by atoms with E-state index in [0.29, 0.717) is 47.7 Å². The Morgan fingerprint density at radius 3 is 2.68 bits per heavy atom. The Morgan fingerprint density at radius 1 is 1.11 bits per heavy atom. The third-order valence-electron chi connectivity index (χ3n) is 6.81. The Hall–Kier alpha value is -4.33. The van der Waals surface area contributed by atoms with Crippen molar-refractivity contribution in [1.82, 2.24) is 4.98 Å². The first-order valence-corrected chi connectivity index (χ1v) is 12.4. The highest BCUT2D eigenvalue weighted by atomic mass is 16.5. The monoisotopic (exact) mass is 500 g/mol. The quantitative estimate of drug-likeness (QED) is 0.314. The van der Waals surface area contributed by atoms with Crippen molar-refractivity contribution in [3.63, 3.8) is 0 Å². The van der Waals surface area contributed by atoms with Gasteiger partial charge in [-0.2, -0.15) is 0 Å². The number of aromatic nitrogens is 1. The number of phenols is 1. The van der Waals surface area contributed by atoms with Crippen LogP contribution in [0, 0.1) is 0 Å². The SMILES string of the molecule is CCOC(=O)CCc1c(/C=C2\C(=O)Nc3ccc(-c4ccc(O)c(OC)c4)cc32)[nH]c2c1C(=O)CCC2. The molecule has 3 aromatic rings. The van der Waals surface area contributed by atoms with Crippen molar-refractivity contribution in [2.24, 2.45) is 0 Å². The maximum absolute atomic E-state index is 13.0. The molecule has 190 valence electrons. The van der Waals surface area contributed by atoms with E-state index >= 15 is 0 Å². The molecule has 2 aromatic carbocycles. The van der Waals surface area contributed by atoms with Crippen molar-refractivity contribution in [2.45, 2.75) is 39.0 Å². The molecule has 0 atom stereocenters. The molecule has 0 saturated carbocycles. The summed E-state index contributed by atoms with van der Waals surface area (Å²) in [6, 6.07) is 10.7. The fraction of sp³-hybridized carbons (Fsp3) is 0.276. The van der Waals surface area contributed by atoms with Crippen LogP contribution in [-0.4, -0.2) is 41.5 Å². The maximum atomic E-state index is 13.0. The highest BCUT2D eigenvalue weighted by molar-refractivity contribution is 6.35. The number of Topliss-reactive ketones (excluding diaryl/α,β-unsaturated/α-hetero) is 1. The van der Waals surface area contributed by atoms with Crippen LogP contribution < -0.4 is 10.1 Å². The number of hydrogen-bond donors (Lipinski definition) is 3. The topological polar surface area (TPSA) is 118 Å². The highest BCUT2D eigenvalue weighted by Crippen LogP contribution is 2.39. The number of rotatable bonds is 7. The molecule has 1 aromatic heterocycles. The van der Waals surface area contributed by atoms with Crippen molar-refractivity contribution in [3.05, 3.63) is 64.5 Å². The van der Waals surface area contributed by atoms with Crippen molar-refractivity contribution in [1.29, 1.82) is 0 Å². The number of anilines is 1. The number of aromatic hydroxyl groups is 1. The predicted molar refractivity (Wildman–Crippen MR) is 140 cm³/mol. The van der Waals surface area contributed by atoms with Crippen LogP contribution in [-0.2, 0) is 27.2 Å². The number of methoxy groups -OCH3 is 1. The lowest BCUT2D eigenvalue weighted by Crippen LogP contribution is -2.12. The average Bonchev–Trinajstić information content (AvgIpc) is 3.40. The minimum absolute atomic E-state index is 0.0467. The molecule has 1 aliphatic carbocycles. The fourth-order valence-electron chi connectivity index (χ4n) is 5.05. The summed E-state index contributed by atoms with van der Waals surface area (Å²) in [6.07, 6.45) is 4.24. The number of hydrogen-bond acceptors (Lipinski definition) is 6. The van der Waals surface area contributed by atoms with Gasteiger partial charge in [-0.3, -0.25) is 14.4 Å². The van der Waals surface area contributed by atoms with Crippen LogP contribution in [0.15, 0.2) is 36.4 Å². The van der Waals surface area contributed by atoms with Gasteiger partial charge in [-0.05, 0) is 73.2 Å². The van der Waals surface area contributed by atoms with E-state index in [9.17, 15) is 19.5 Å². The third-order valence-corrected chi connectivity index (χ3v) is 6.81. The Balaban J connectivity index is 1.56. The van der Waals surface area contributed by atoms with Gasteiger partial charge in [0.1, 0.15) is 0 Å². The molecular weight excluding hydrogens is 472 g/mol. The highest BCUT2D eigenvalue weighted by Gasteiger charge is 2.29. The molecule has 0 spiro atoms. The van der Waals surface area contributed by atoms with Gasteiger partial charge in [0.2, 0.25) is 0 Å². The van der Waals surface area contributed by atoms with E-state index in [0.717, 1.165) is 40.8 Å². The number of fused-ring (bicyclic) bond motifs is 2. The van der Waals surface area contributed by atoms with E-state index in [1.807, 2.05) is 18.2 Å². The van der Waals surface area contributed by atoms with Crippen LogP contribution in [0.5, 0.6) is 11.5 Å². The van der Waals surface area contributed by atoms with E-state index in [-0.39, 0.29) is 29.8 Å². The lowest BCUT2D eigenvalue weighted by Gasteiger charge is -2.11. The van der Waals surface area contributed by atoms with Crippen LogP contribution in [0.25, 0.3) is 22.8 Å². The number of esters is 1. The smallest absolute Gasteiger partial charge is 0.306 e. The third kappa shape index (κ3) is 4.62. The molecule has 3 N–H and O–H groups in total. The zero-order chi connectivity index (χ0) is 26.1. The van der Waals surface area contributed by atoms with E-state index in [1.165, 1.54) is 7.11 Å². The van der Waals surface area contributed by atoms with Crippen LogP contribution in [0.1, 0.15) is 59.1 Å². The average molecular weight is 501 g/mol. The first-order chi connectivity index (χ1) is 17.9. The minimum atomic E-state index is -0.322. The zero-order valence-electron chi connectivity index (χ0n) is 20.8. The number of amides is 1. The normalized spacial score (nSPS) is 15.4. The van der Waals surface area contributed by atoms with Crippen molar-refractivity contribution in [3.8, 4) is 22.6 Å². The number of nitrogens with one attached hydrogen (secondary N) is 2. The second-order valence-electron chi connectivity index (χ2n) is 9.11. The van der Waals surface area contributed by atoms with Gasteiger partial charge in [-0.15, -0.1) is 0 Å². The van der Waals surface area contributed by atoms with Gasteiger partial charge < -0.3 is 24.9 Å². The van der Waals surface area contributed by atoms with E-state index in [4.69, 9.17) is 9.47 Å². The number of carbonyl (C=O) groups is 3. The van der Waals surface area contributed by atoms with Gasteiger partial charge in [0.05, 0.1) is 19.3 Å². The summed E-state index contributed by atoms with van der Waals surface area (Å²) in [4.78, 5) is 41.3. The Bertz CT molecular complexity index is 1450. The summed E-state index contributed by atoms with van der Waals surface area (Å²) in [7, 11) is 1.49. The summed E-state index contributed by atoms with van der Waals surface area (Å²) in [5.41, 5.74) is 6.47. The molecule has 0 unspecified atom stereocenters. The first kappa shape index (κ1) is 24.4. The molecule has 1 aliphatic heterocycles. The van der Waals surface area contributed by atoms with Gasteiger partial charge >= 0.3 is 5.97 Å². The molecule has 0 fully saturated rings. The number of carbonyl (C=O) groups excluding carboxylic acids is 3. The van der Waals surface area contributed by atoms with Crippen molar-refractivity contribution < 1.29 is 29.0 Å². The van der Waals surface area contributed by atoms with Crippen molar-refractivity contribution in [2.75, 3.05) is 19.0 Å². The largest absolute Gasteiger partial charge is 0.504 e. The summed E-state index contributed by atoms with van der Waals surface area (Å²) in [6.45, 7) is 2.06. The lowest BCUT2D eigenvalue weighted by molar-refractivity contribution is -0.143. The summed E-state index contributed by atoms with van der Waals surface area (Å²) < 4.78 is 10.3. The number of aromatic amines is 1. The Morgan fingerprint density at radius 2 is 1.89 bits per heavy atom. The number of aryl methyl sites for hydroxylation is 1. The van der Waals surface area contributed by atoms with Gasteiger partial charge in [0.15, 0.2) is 17.3 Å². The predicted octanol–water partition coefficient (Wildman–Crippen LogP) is 4.90. The number of ether oxygens (including phenoxy) is 2. The number of H-pyrrole nitrogens is 1. The zero-order valence-corrected chi connectivity index (χ0v) is 20.8. The van der Waals surface area contributed by atoms with Gasteiger partial charge in [-0.1, -0.05) is 12.1 Å². The molecule has 2 heterocycles. The first-order valence-electron chi connectivity index (χ1n) is 12.4. The van der Waals surface area contributed by atoms with E-state index in [2.05, 4.69) is 10.3 Å². The lowest BCUT2D eigenvalue weighted by atomic mass is 9.91. The molecule has 2 aliphatic rings. The molecule has 1 amide bonds. The molecule has 0 radical (unpaired) electrons. The standard InChI is InChI=1S/C29H28N2O6/c1-3-37-27(34)12-9-18-23(30-22-5-4-6-25(33)28(18)22)15-20-19-13-16(7-10-21(19)31-29(20)35)17-8-11-24(32)26(14-17)36-2/h7-8,10-11,13-15,30,32H,3-6,9,12H2,1-2H3,(H,31,35)/b20-15-. The Labute approximate surface area is 214 Å². The van der Waals surface area contributed by atoms with E-state index < -0.39 is 0 Å². The Kier molecular flexibility index (Phi) is 6.56.